The summed E-state index contributed by atoms with van der Waals surface area (Å²) in [6.07, 6.45) is 1.70. The second-order valence-electron chi connectivity index (χ2n) is 8.32. The van der Waals surface area contributed by atoms with Crippen molar-refractivity contribution < 1.29 is 0 Å². The van der Waals surface area contributed by atoms with Crippen LogP contribution in [0.1, 0.15) is 44.5 Å². The number of rotatable bonds is 7. The summed E-state index contributed by atoms with van der Waals surface area (Å²) < 4.78 is 3.16. The Bertz CT molecular complexity index is 1160. The first-order valence-corrected chi connectivity index (χ1v) is 11.1. The van der Waals surface area contributed by atoms with Crippen LogP contribution >= 0.6 is 23.2 Å². The van der Waals surface area contributed by atoms with Crippen molar-refractivity contribution in [3.8, 4) is 0 Å². The number of nitrogen functional groups attached to an aromatic ring is 1. The lowest BCUT2D eigenvalue weighted by Crippen LogP contribution is -2.40. The first-order chi connectivity index (χ1) is 14.5. The minimum atomic E-state index is -0.234. The van der Waals surface area contributed by atoms with Gasteiger partial charge in [-0.25, -0.2) is 4.79 Å². The predicted octanol–water partition coefficient (Wildman–Crippen LogP) is 3.66. The molecule has 0 unspecified atom stereocenters. The lowest BCUT2D eigenvalue weighted by Gasteiger charge is -2.30. The zero-order chi connectivity index (χ0) is 23.0. The molecule has 0 radical (unpaired) electrons. The molecule has 0 fully saturated rings. The maximum atomic E-state index is 13.5. The SMILES string of the molecule is Cc1cnc(Cn2c(=O)n(CCN(C(C)C)C(C)C)c3c(Cl)nc(N)nc32)c(C)c1Cl. The predicted molar refractivity (Wildman–Crippen MR) is 126 cm³/mol. The van der Waals surface area contributed by atoms with Gasteiger partial charge in [0.1, 0.15) is 5.52 Å². The Balaban J connectivity index is 2.12. The molecule has 0 atom stereocenters. The highest BCUT2D eigenvalue weighted by Crippen LogP contribution is 2.25. The third-order valence-corrected chi connectivity index (χ3v) is 6.41. The first kappa shape index (κ1) is 23.5. The number of fused-ring (bicyclic) bond motifs is 1. The Morgan fingerprint density at radius 1 is 1.10 bits per heavy atom. The van der Waals surface area contributed by atoms with Crippen molar-refractivity contribution >= 4 is 40.3 Å². The number of anilines is 1. The van der Waals surface area contributed by atoms with Gasteiger partial charge < -0.3 is 5.73 Å². The highest BCUT2D eigenvalue weighted by molar-refractivity contribution is 6.33. The molecular weight excluding hydrogens is 437 g/mol. The molecule has 3 aromatic rings. The fraction of sp³-hybridized carbons (Fsp3) is 0.524. The van der Waals surface area contributed by atoms with E-state index in [0.29, 0.717) is 47.1 Å². The van der Waals surface area contributed by atoms with E-state index >= 15 is 0 Å². The Hall–Kier alpha value is -2.16. The molecule has 0 aliphatic heterocycles. The summed E-state index contributed by atoms with van der Waals surface area (Å²) in [5.41, 5.74) is 8.88. The number of halogens is 2. The molecule has 3 heterocycles. The maximum absolute atomic E-state index is 13.5. The van der Waals surface area contributed by atoms with Crippen LogP contribution in [0.3, 0.4) is 0 Å². The second-order valence-corrected chi connectivity index (χ2v) is 9.05. The number of nitrogens with two attached hydrogens (primary N) is 1. The summed E-state index contributed by atoms with van der Waals surface area (Å²) in [5.74, 6) is 0.0148. The second kappa shape index (κ2) is 9.14. The van der Waals surface area contributed by atoms with Crippen molar-refractivity contribution in [1.29, 1.82) is 0 Å². The number of hydrogen-bond acceptors (Lipinski definition) is 6. The molecule has 0 aliphatic carbocycles. The molecule has 168 valence electrons. The highest BCUT2D eigenvalue weighted by atomic mass is 35.5. The molecule has 0 aliphatic rings. The van der Waals surface area contributed by atoms with Crippen LogP contribution in [0.25, 0.3) is 11.2 Å². The van der Waals surface area contributed by atoms with Crippen LogP contribution in [0, 0.1) is 13.8 Å². The van der Waals surface area contributed by atoms with Crippen LogP contribution in [0.4, 0.5) is 5.95 Å². The lowest BCUT2D eigenvalue weighted by atomic mass is 10.1. The van der Waals surface area contributed by atoms with Gasteiger partial charge in [0.15, 0.2) is 10.8 Å². The molecule has 0 amide bonds. The molecule has 0 bridgehead atoms. The number of hydrogen-bond donors (Lipinski definition) is 1. The van der Waals surface area contributed by atoms with Gasteiger partial charge in [0.25, 0.3) is 0 Å². The quantitative estimate of drug-likeness (QED) is 0.534. The summed E-state index contributed by atoms with van der Waals surface area (Å²) >= 11 is 12.8. The van der Waals surface area contributed by atoms with E-state index < -0.39 is 0 Å². The first-order valence-electron chi connectivity index (χ1n) is 10.3. The molecule has 2 N–H and O–H groups in total. The van der Waals surface area contributed by atoms with E-state index in [1.165, 1.54) is 4.57 Å². The Labute approximate surface area is 192 Å². The molecule has 0 aromatic carbocycles. The number of nitrogens with zero attached hydrogens (tertiary/aromatic N) is 6. The number of aryl methyl sites for hydroxylation is 1. The Kier molecular flexibility index (Phi) is 6.93. The number of aromatic nitrogens is 5. The summed E-state index contributed by atoms with van der Waals surface area (Å²) in [6.45, 7) is 13.7. The van der Waals surface area contributed by atoms with Crippen LogP contribution in [0.2, 0.25) is 10.2 Å². The van der Waals surface area contributed by atoms with Crippen molar-refractivity contribution in [2.45, 2.75) is 66.7 Å². The molecule has 10 heteroatoms. The van der Waals surface area contributed by atoms with Crippen molar-refractivity contribution in [2.24, 2.45) is 0 Å². The van der Waals surface area contributed by atoms with Crippen molar-refractivity contribution in [3.63, 3.8) is 0 Å². The highest BCUT2D eigenvalue weighted by Gasteiger charge is 2.22. The van der Waals surface area contributed by atoms with Crippen LogP contribution in [0.15, 0.2) is 11.0 Å². The zero-order valence-electron chi connectivity index (χ0n) is 18.8. The summed E-state index contributed by atoms with van der Waals surface area (Å²) in [5, 5.41) is 0.795. The summed E-state index contributed by atoms with van der Waals surface area (Å²) in [6, 6.07) is 0.681. The lowest BCUT2D eigenvalue weighted by molar-refractivity contribution is 0.168. The van der Waals surface area contributed by atoms with Crippen LogP contribution in [0.5, 0.6) is 0 Å². The standard InChI is InChI=1S/C21H29Cl2N7O/c1-11(2)28(12(3)4)7-8-29-17-18(23)26-20(24)27-19(17)30(21(29)31)10-15-14(6)16(22)13(5)9-25-15/h9,11-12H,7-8,10H2,1-6H3,(H2,24,26,27). The molecule has 0 saturated heterocycles. The topological polar surface area (TPSA) is 94.9 Å². The number of imidazole rings is 1. The van der Waals surface area contributed by atoms with Gasteiger partial charge in [0.05, 0.1) is 12.2 Å². The minimum Gasteiger partial charge on any atom is -0.368 e. The molecule has 0 saturated carbocycles. The summed E-state index contributed by atoms with van der Waals surface area (Å²) in [7, 11) is 0. The average molecular weight is 466 g/mol. The van der Waals surface area contributed by atoms with E-state index in [0.717, 1.165) is 11.1 Å². The monoisotopic (exact) mass is 465 g/mol. The van der Waals surface area contributed by atoms with Crippen LogP contribution in [-0.2, 0) is 13.1 Å². The fourth-order valence-corrected chi connectivity index (χ4v) is 4.35. The zero-order valence-corrected chi connectivity index (χ0v) is 20.3. The Morgan fingerprint density at radius 3 is 2.35 bits per heavy atom. The van der Waals surface area contributed by atoms with Gasteiger partial charge in [0, 0.05) is 36.4 Å². The molecule has 3 aromatic heterocycles. The third kappa shape index (κ3) is 4.56. The van der Waals surface area contributed by atoms with E-state index in [1.54, 1.807) is 10.8 Å². The maximum Gasteiger partial charge on any atom is 0.330 e. The fourth-order valence-electron chi connectivity index (χ4n) is 3.92. The third-order valence-electron chi connectivity index (χ3n) is 5.57. The Morgan fingerprint density at radius 2 is 1.74 bits per heavy atom. The normalized spacial score (nSPS) is 12.1. The minimum absolute atomic E-state index is 0.0148. The van der Waals surface area contributed by atoms with Gasteiger partial charge in [-0.15, -0.1) is 0 Å². The smallest absolute Gasteiger partial charge is 0.330 e. The van der Waals surface area contributed by atoms with Gasteiger partial charge in [-0.1, -0.05) is 23.2 Å². The van der Waals surface area contributed by atoms with Crippen molar-refractivity contribution in [2.75, 3.05) is 12.3 Å². The van der Waals surface area contributed by atoms with E-state index in [2.05, 4.69) is 47.5 Å². The van der Waals surface area contributed by atoms with Gasteiger partial charge >= 0.3 is 5.69 Å². The van der Waals surface area contributed by atoms with Gasteiger partial charge in [0.2, 0.25) is 5.95 Å². The van der Waals surface area contributed by atoms with E-state index in [1.807, 2.05) is 13.8 Å². The molecule has 8 nitrogen and oxygen atoms in total. The van der Waals surface area contributed by atoms with Crippen molar-refractivity contribution in [3.05, 3.63) is 43.7 Å². The van der Waals surface area contributed by atoms with Gasteiger partial charge in [-0.05, 0) is 52.7 Å². The molecular formula is C21H29Cl2N7O. The van der Waals surface area contributed by atoms with E-state index in [9.17, 15) is 4.79 Å². The molecule has 31 heavy (non-hydrogen) atoms. The van der Waals surface area contributed by atoms with Crippen molar-refractivity contribution in [1.82, 2.24) is 29.0 Å². The molecule has 0 spiro atoms. The number of pyridine rings is 1. The van der Waals surface area contributed by atoms with Gasteiger partial charge in [-0.3, -0.25) is 19.0 Å². The van der Waals surface area contributed by atoms with E-state index in [-0.39, 0.29) is 23.3 Å². The summed E-state index contributed by atoms with van der Waals surface area (Å²) in [4.78, 5) is 28.7. The van der Waals surface area contributed by atoms with Crippen LogP contribution < -0.4 is 11.4 Å². The van der Waals surface area contributed by atoms with E-state index in [4.69, 9.17) is 28.9 Å². The largest absolute Gasteiger partial charge is 0.368 e. The average Bonchev–Trinajstić information content (AvgIpc) is 2.93. The van der Waals surface area contributed by atoms with Crippen LogP contribution in [-0.4, -0.2) is 47.6 Å². The van der Waals surface area contributed by atoms with Gasteiger partial charge in [-0.2, -0.15) is 9.97 Å². The molecule has 3 rings (SSSR count).